The van der Waals surface area contributed by atoms with Crippen LogP contribution in [-0.2, 0) is 6.18 Å². The van der Waals surface area contributed by atoms with Crippen LogP contribution in [0.3, 0.4) is 0 Å². The summed E-state index contributed by atoms with van der Waals surface area (Å²) < 4.78 is 43.3. The average molecular weight is 294 g/mol. The number of halogens is 3. The number of rotatable bonds is 3. The molecule has 0 amide bonds. The molecular formula is C17H17F3O. The predicted molar refractivity (Wildman–Crippen MR) is 77.5 cm³/mol. The first kappa shape index (κ1) is 15.4. The van der Waals surface area contributed by atoms with Gasteiger partial charge in [-0.25, -0.2) is 0 Å². The molecule has 0 aliphatic heterocycles. The molecule has 0 bridgehead atoms. The van der Waals surface area contributed by atoms with Gasteiger partial charge in [-0.1, -0.05) is 44.2 Å². The van der Waals surface area contributed by atoms with E-state index >= 15 is 0 Å². The van der Waals surface area contributed by atoms with Crippen molar-refractivity contribution in [2.45, 2.75) is 25.9 Å². The van der Waals surface area contributed by atoms with Gasteiger partial charge in [-0.3, -0.25) is 0 Å². The Morgan fingerprint density at radius 3 is 2.05 bits per heavy atom. The van der Waals surface area contributed by atoms with Gasteiger partial charge in [0.15, 0.2) is 0 Å². The molecule has 0 radical (unpaired) electrons. The third kappa shape index (κ3) is 3.20. The number of hydrogen-bond acceptors (Lipinski definition) is 1. The van der Waals surface area contributed by atoms with Crippen molar-refractivity contribution in [3.05, 3.63) is 53.6 Å². The lowest BCUT2D eigenvalue weighted by atomic mass is 9.95. The number of alkyl halides is 3. The normalized spacial score (nSPS) is 11.8. The molecular weight excluding hydrogens is 277 g/mol. The van der Waals surface area contributed by atoms with Gasteiger partial charge in [0, 0.05) is 5.56 Å². The Morgan fingerprint density at radius 2 is 1.57 bits per heavy atom. The Hall–Kier alpha value is -1.97. The third-order valence-corrected chi connectivity index (χ3v) is 3.39. The van der Waals surface area contributed by atoms with Crippen molar-refractivity contribution in [3.63, 3.8) is 0 Å². The van der Waals surface area contributed by atoms with Gasteiger partial charge in [-0.05, 0) is 29.2 Å². The second-order valence-corrected chi connectivity index (χ2v) is 5.16. The maximum absolute atomic E-state index is 12.6. The molecule has 4 heteroatoms. The lowest BCUT2D eigenvalue weighted by Crippen LogP contribution is -2.04. The van der Waals surface area contributed by atoms with Crippen LogP contribution in [0.25, 0.3) is 11.1 Å². The van der Waals surface area contributed by atoms with Crippen molar-refractivity contribution in [3.8, 4) is 16.9 Å². The topological polar surface area (TPSA) is 9.23 Å². The van der Waals surface area contributed by atoms with Crippen molar-refractivity contribution < 1.29 is 17.9 Å². The third-order valence-electron chi connectivity index (χ3n) is 3.39. The van der Waals surface area contributed by atoms with Crippen LogP contribution >= 0.6 is 0 Å². The summed E-state index contributed by atoms with van der Waals surface area (Å²) in [6, 6.07) is 10.9. The largest absolute Gasteiger partial charge is 0.496 e. The fourth-order valence-corrected chi connectivity index (χ4v) is 2.30. The van der Waals surface area contributed by atoms with Crippen LogP contribution in [-0.4, -0.2) is 7.11 Å². The summed E-state index contributed by atoms with van der Waals surface area (Å²) in [4.78, 5) is 0. The highest BCUT2D eigenvalue weighted by Crippen LogP contribution is 2.38. The van der Waals surface area contributed by atoms with Crippen LogP contribution < -0.4 is 4.74 Å². The summed E-state index contributed by atoms with van der Waals surface area (Å²) in [6.45, 7) is 4.10. The maximum atomic E-state index is 12.6. The zero-order valence-corrected chi connectivity index (χ0v) is 12.2. The van der Waals surface area contributed by atoms with Crippen molar-refractivity contribution in [2.24, 2.45) is 0 Å². The Balaban J connectivity index is 2.49. The fourth-order valence-electron chi connectivity index (χ4n) is 2.30. The summed E-state index contributed by atoms with van der Waals surface area (Å²) in [7, 11) is 1.58. The summed E-state index contributed by atoms with van der Waals surface area (Å²) >= 11 is 0. The minimum Gasteiger partial charge on any atom is -0.496 e. The first-order valence-electron chi connectivity index (χ1n) is 6.69. The summed E-state index contributed by atoms with van der Waals surface area (Å²) in [5.41, 5.74) is 1.90. The zero-order valence-electron chi connectivity index (χ0n) is 12.2. The van der Waals surface area contributed by atoms with E-state index in [1.165, 1.54) is 12.1 Å². The molecule has 0 fully saturated rings. The Bertz CT molecular complexity index is 613. The Labute approximate surface area is 122 Å². The average Bonchev–Trinajstić information content (AvgIpc) is 2.45. The molecule has 2 aromatic rings. The molecule has 0 saturated heterocycles. The van der Waals surface area contributed by atoms with E-state index in [1.807, 2.05) is 32.0 Å². The molecule has 0 N–H and O–H groups in total. The van der Waals surface area contributed by atoms with Crippen LogP contribution in [0, 0.1) is 0 Å². The fraction of sp³-hybridized carbons (Fsp3) is 0.294. The molecule has 0 aliphatic carbocycles. The quantitative estimate of drug-likeness (QED) is 0.725. The van der Waals surface area contributed by atoms with E-state index in [2.05, 4.69) is 0 Å². The van der Waals surface area contributed by atoms with Crippen molar-refractivity contribution in [2.75, 3.05) is 7.11 Å². The highest BCUT2D eigenvalue weighted by Gasteiger charge is 2.30. The number of benzene rings is 2. The van der Waals surface area contributed by atoms with Crippen LogP contribution in [0.1, 0.15) is 30.9 Å². The Morgan fingerprint density at radius 1 is 0.952 bits per heavy atom. The minimum atomic E-state index is -4.32. The number of methoxy groups -OCH3 is 1. The lowest BCUT2D eigenvalue weighted by molar-refractivity contribution is -0.137. The second-order valence-electron chi connectivity index (χ2n) is 5.16. The first-order valence-corrected chi connectivity index (χ1v) is 6.69. The van der Waals surface area contributed by atoms with Gasteiger partial charge >= 0.3 is 6.18 Å². The van der Waals surface area contributed by atoms with Crippen LogP contribution in [0.15, 0.2) is 42.5 Å². The van der Waals surface area contributed by atoms with E-state index in [-0.39, 0.29) is 5.92 Å². The molecule has 0 aliphatic rings. The van der Waals surface area contributed by atoms with Gasteiger partial charge in [-0.2, -0.15) is 13.2 Å². The van der Waals surface area contributed by atoms with Gasteiger partial charge in [0.2, 0.25) is 0 Å². The molecule has 0 atom stereocenters. The highest BCUT2D eigenvalue weighted by molar-refractivity contribution is 5.72. The lowest BCUT2D eigenvalue weighted by Gasteiger charge is -2.16. The molecule has 1 nitrogen and oxygen atoms in total. The maximum Gasteiger partial charge on any atom is 0.416 e. The standard InChI is InChI=1S/C17H17F3O/c1-11(2)14-5-4-6-15(16(14)21-3)12-7-9-13(10-8-12)17(18,19)20/h4-11H,1-3H3. The van der Waals surface area contributed by atoms with Crippen molar-refractivity contribution in [1.82, 2.24) is 0 Å². The van der Waals surface area contributed by atoms with Gasteiger partial charge in [0.1, 0.15) is 5.75 Å². The Kier molecular flexibility index (Phi) is 4.26. The minimum absolute atomic E-state index is 0.273. The summed E-state index contributed by atoms with van der Waals surface area (Å²) in [5.74, 6) is 0.988. The zero-order chi connectivity index (χ0) is 15.6. The number of ether oxygens (including phenoxy) is 1. The van der Waals surface area contributed by atoms with Crippen molar-refractivity contribution >= 4 is 0 Å². The molecule has 0 aromatic heterocycles. The summed E-state index contributed by atoms with van der Waals surface area (Å²) in [5, 5.41) is 0. The van der Waals surface area contributed by atoms with E-state index in [1.54, 1.807) is 7.11 Å². The number of hydrogen-bond donors (Lipinski definition) is 0. The summed E-state index contributed by atoms with van der Waals surface area (Å²) in [6.07, 6.45) is -4.32. The van der Waals surface area contributed by atoms with E-state index in [9.17, 15) is 13.2 Å². The molecule has 0 spiro atoms. The molecule has 0 unspecified atom stereocenters. The van der Waals surface area contributed by atoms with E-state index in [4.69, 9.17) is 4.74 Å². The smallest absolute Gasteiger partial charge is 0.416 e. The van der Waals surface area contributed by atoms with Gasteiger partial charge < -0.3 is 4.74 Å². The van der Waals surface area contributed by atoms with Gasteiger partial charge in [-0.15, -0.1) is 0 Å². The van der Waals surface area contributed by atoms with Crippen LogP contribution in [0.4, 0.5) is 13.2 Å². The van der Waals surface area contributed by atoms with Crippen molar-refractivity contribution in [1.29, 1.82) is 0 Å². The molecule has 2 aromatic carbocycles. The van der Waals surface area contributed by atoms with Crippen LogP contribution in [0.2, 0.25) is 0 Å². The van der Waals surface area contributed by atoms with E-state index in [0.29, 0.717) is 11.3 Å². The predicted octanol–water partition coefficient (Wildman–Crippen LogP) is 5.50. The van der Waals surface area contributed by atoms with Gasteiger partial charge in [0.05, 0.1) is 12.7 Å². The molecule has 0 saturated carbocycles. The van der Waals surface area contributed by atoms with Gasteiger partial charge in [0.25, 0.3) is 0 Å². The second kappa shape index (κ2) is 5.80. The molecule has 21 heavy (non-hydrogen) atoms. The SMILES string of the molecule is COc1c(-c2ccc(C(F)(F)F)cc2)cccc1C(C)C. The van der Waals surface area contributed by atoms with E-state index in [0.717, 1.165) is 23.3 Å². The molecule has 0 heterocycles. The van der Waals surface area contributed by atoms with E-state index < -0.39 is 11.7 Å². The monoisotopic (exact) mass is 294 g/mol. The number of para-hydroxylation sites is 1. The van der Waals surface area contributed by atoms with Crippen LogP contribution in [0.5, 0.6) is 5.75 Å². The highest BCUT2D eigenvalue weighted by atomic mass is 19.4. The molecule has 2 rings (SSSR count). The first-order chi connectivity index (χ1) is 9.84. The molecule has 112 valence electrons.